The van der Waals surface area contributed by atoms with E-state index in [0.717, 1.165) is 12.8 Å². The van der Waals surface area contributed by atoms with Crippen LogP contribution in [0.5, 0.6) is 0 Å². The Balaban J connectivity index is 2.49. The van der Waals surface area contributed by atoms with Crippen LogP contribution in [0.1, 0.15) is 25.7 Å². The molecule has 0 aromatic carbocycles. The highest BCUT2D eigenvalue weighted by atomic mass is 32.1. The number of alkyl halides is 2. The van der Waals surface area contributed by atoms with Gasteiger partial charge in [-0.05, 0) is 19.3 Å². The summed E-state index contributed by atoms with van der Waals surface area (Å²) in [6.07, 6.45) is 0.806. The van der Waals surface area contributed by atoms with Crippen molar-refractivity contribution in [2.45, 2.75) is 36.9 Å². The summed E-state index contributed by atoms with van der Waals surface area (Å²) in [5, 5.41) is -1.84. The predicted octanol–water partition coefficient (Wildman–Crippen LogP) is 2.49. The van der Waals surface area contributed by atoms with E-state index in [1.165, 1.54) is 0 Å². The molecule has 2 atom stereocenters. The van der Waals surface area contributed by atoms with Gasteiger partial charge in [-0.15, -0.1) is 12.6 Å². The molecule has 0 aromatic rings. The van der Waals surface area contributed by atoms with Gasteiger partial charge in [0.05, 0.1) is 0 Å². The van der Waals surface area contributed by atoms with Crippen molar-refractivity contribution in [3.05, 3.63) is 0 Å². The third kappa shape index (κ3) is 1.57. The summed E-state index contributed by atoms with van der Waals surface area (Å²) in [6.45, 7) is 0. The van der Waals surface area contributed by atoms with Crippen LogP contribution in [0.4, 0.5) is 8.78 Å². The zero-order chi connectivity index (χ0) is 6.91. The van der Waals surface area contributed by atoms with Crippen LogP contribution in [0.2, 0.25) is 0 Å². The zero-order valence-electron chi connectivity index (χ0n) is 5.11. The molecule has 1 fully saturated rings. The second-order valence-electron chi connectivity index (χ2n) is 2.53. The molecule has 9 heavy (non-hydrogen) atoms. The topological polar surface area (TPSA) is 0 Å². The fraction of sp³-hybridized carbons (Fsp3) is 1.00. The maximum atomic E-state index is 12.8. The third-order valence-corrected chi connectivity index (χ3v) is 2.22. The molecule has 1 saturated carbocycles. The summed E-state index contributed by atoms with van der Waals surface area (Å²) in [5.74, 6) is 0. The van der Waals surface area contributed by atoms with Gasteiger partial charge in [-0.25, -0.2) is 8.78 Å². The molecule has 0 aliphatic heterocycles. The molecule has 0 amide bonds. The molecule has 54 valence electrons. The Bertz CT molecular complexity index is 103. The second kappa shape index (κ2) is 2.45. The SMILES string of the molecule is FC1CCCCC1(F)S. The van der Waals surface area contributed by atoms with Crippen molar-refractivity contribution >= 4 is 12.6 Å². The third-order valence-electron chi connectivity index (χ3n) is 1.71. The normalized spacial score (nSPS) is 45.0. The minimum Gasteiger partial charge on any atom is -0.243 e. The summed E-state index contributed by atoms with van der Waals surface area (Å²) in [5.41, 5.74) is 0. The van der Waals surface area contributed by atoms with Crippen molar-refractivity contribution in [2.24, 2.45) is 0 Å². The Kier molecular flexibility index (Phi) is 1.99. The standard InChI is InChI=1S/C6H10F2S/c7-5-3-1-2-4-6(5,8)9/h5,9H,1-4H2. The lowest BCUT2D eigenvalue weighted by Crippen LogP contribution is -2.31. The van der Waals surface area contributed by atoms with Gasteiger partial charge in [0, 0.05) is 0 Å². The largest absolute Gasteiger partial charge is 0.243 e. The molecule has 3 heteroatoms. The van der Waals surface area contributed by atoms with E-state index in [1.54, 1.807) is 0 Å². The fourth-order valence-electron chi connectivity index (χ4n) is 1.07. The van der Waals surface area contributed by atoms with E-state index in [-0.39, 0.29) is 6.42 Å². The van der Waals surface area contributed by atoms with Gasteiger partial charge in [-0.1, -0.05) is 6.42 Å². The van der Waals surface area contributed by atoms with Crippen LogP contribution in [0, 0.1) is 0 Å². The first kappa shape index (κ1) is 7.32. The second-order valence-corrected chi connectivity index (χ2v) is 3.28. The first-order chi connectivity index (χ1) is 4.13. The molecule has 1 aliphatic rings. The number of thiol groups is 1. The Morgan fingerprint density at radius 1 is 1.44 bits per heavy atom. The Hall–Kier alpha value is 0.210. The average molecular weight is 152 g/mol. The molecule has 2 unspecified atom stereocenters. The molecule has 0 N–H and O–H groups in total. The van der Waals surface area contributed by atoms with Gasteiger partial charge in [0.1, 0.15) is 6.17 Å². The molecule has 0 radical (unpaired) electrons. The Morgan fingerprint density at radius 2 is 2.11 bits per heavy atom. The molecule has 1 rings (SSSR count). The molecule has 0 spiro atoms. The summed E-state index contributed by atoms with van der Waals surface area (Å²) < 4.78 is 25.3. The molecule has 0 heterocycles. The van der Waals surface area contributed by atoms with E-state index in [9.17, 15) is 8.78 Å². The van der Waals surface area contributed by atoms with Crippen LogP contribution in [0.15, 0.2) is 0 Å². The quantitative estimate of drug-likeness (QED) is 0.506. The van der Waals surface area contributed by atoms with E-state index >= 15 is 0 Å². The molecular formula is C6H10F2S. The van der Waals surface area contributed by atoms with Gasteiger partial charge < -0.3 is 0 Å². The van der Waals surface area contributed by atoms with Gasteiger partial charge in [0.15, 0.2) is 5.00 Å². The van der Waals surface area contributed by atoms with Crippen molar-refractivity contribution in [1.29, 1.82) is 0 Å². The smallest absolute Gasteiger partial charge is 0.184 e. The molecule has 0 bridgehead atoms. The predicted molar refractivity (Wildman–Crippen MR) is 36.2 cm³/mol. The molecular weight excluding hydrogens is 142 g/mol. The van der Waals surface area contributed by atoms with E-state index in [2.05, 4.69) is 12.6 Å². The molecule has 0 saturated heterocycles. The maximum Gasteiger partial charge on any atom is 0.184 e. The Morgan fingerprint density at radius 3 is 2.44 bits per heavy atom. The van der Waals surface area contributed by atoms with Gasteiger partial charge in [0.25, 0.3) is 0 Å². The number of halogens is 2. The summed E-state index contributed by atoms with van der Waals surface area (Å²) in [6, 6.07) is 0. The first-order valence-electron chi connectivity index (χ1n) is 3.18. The summed E-state index contributed by atoms with van der Waals surface area (Å²) in [4.78, 5) is 0. The van der Waals surface area contributed by atoms with Crippen molar-refractivity contribution in [2.75, 3.05) is 0 Å². The lowest BCUT2D eigenvalue weighted by molar-refractivity contribution is 0.0924. The van der Waals surface area contributed by atoms with Crippen molar-refractivity contribution in [3.63, 3.8) is 0 Å². The van der Waals surface area contributed by atoms with E-state index < -0.39 is 11.2 Å². The first-order valence-corrected chi connectivity index (χ1v) is 3.63. The summed E-state index contributed by atoms with van der Waals surface area (Å²) >= 11 is 3.57. The molecule has 0 aromatic heterocycles. The number of rotatable bonds is 0. The zero-order valence-corrected chi connectivity index (χ0v) is 6.00. The minimum absolute atomic E-state index is 0.261. The van der Waals surface area contributed by atoms with Crippen LogP contribution in [-0.2, 0) is 0 Å². The average Bonchev–Trinajstić information content (AvgIpc) is 1.77. The van der Waals surface area contributed by atoms with Crippen LogP contribution < -0.4 is 0 Å². The van der Waals surface area contributed by atoms with E-state index in [4.69, 9.17) is 0 Å². The van der Waals surface area contributed by atoms with Gasteiger partial charge >= 0.3 is 0 Å². The van der Waals surface area contributed by atoms with Crippen LogP contribution in [0.25, 0.3) is 0 Å². The lowest BCUT2D eigenvalue weighted by Gasteiger charge is -2.27. The number of hydrogen-bond donors (Lipinski definition) is 1. The summed E-state index contributed by atoms with van der Waals surface area (Å²) in [7, 11) is 0. The van der Waals surface area contributed by atoms with Crippen LogP contribution >= 0.6 is 12.6 Å². The van der Waals surface area contributed by atoms with Crippen molar-refractivity contribution < 1.29 is 8.78 Å². The van der Waals surface area contributed by atoms with Crippen LogP contribution in [0.3, 0.4) is 0 Å². The minimum atomic E-state index is -1.84. The molecule has 1 aliphatic carbocycles. The maximum absolute atomic E-state index is 12.8. The monoisotopic (exact) mass is 152 g/mol. The van der Waals surface area contributed by atoms with E-state index in [1.807, 2.05) is 0 Å². The highest BCUT2D eigenvalue weighted by Crippen LogP contribution is 2.36. The highest BCUT2D eigenvalue weighted by molar-refractivity contribution is 7.81. The fourth-order valence-corrected chi connectivity index (χ4v) is 1.36. The van der Waals surface area contributed by atoms with Crippen molar-refractivity contribution in [1.82, 2.24) is 0 Å². The highest BCUT2D eigenvalue weighted by Gasteiger charge is 2.37. The van der Waals surface area contributed by atoms with Gasteiger partial charge in [0.2, 0.25) is 0 Å². The number of hydrogen-bond acceptors (Lipinski definition) is 1. The Labute approximate surface area is 59.0 Å². The van der Waals surface area contributed by atoms with Gasteiger partial charge in [-0.2, -0.15) is 0 Å². The molecule has 0 nitrogen and oxygen atoms in total. The van der Waals surface area contributed by atoms with E-state index in [0.29, 0.717) is 6.42 Å². The lowest BCUT2D eigenvalue weighted by atomic mass is 9.96. The van der Waals surface area contributed by atoms with Crippen LogP contribution in [-0.4, -0.2) is 11.2 Å². The van der Waals surface area contributed by atoms with Gasteiger partial charge in [-0.3, -0.25) is 0 Å². The van der Waals surface area contributed by atoms with Crippen molar-refractivity contribution in [3.8, 4) is 0 Å².